The highest BCUT2D eigenvalue weighted by molar-refractivity contribution is 6.12. The molecule has 4 aromatic heterocycles. The Labute approximate surface area is 399 Å². The van der Waals surface area contributed by atoms with Crippen LogP contribution in [0.3, 0.4) is 0 Å². The van der Waals surface area contributed by atoms with Gasteiger partial charge in [0.1, 0.15) is 5.56 Å². The predicted molar refractivity (Wildman–Crippen MR) is 263 cm³/mol. The number of aromatic nitrogens is 4. The molecule has 0 unspecified atom stereocenters. The molecule has 4 heterocycles. The lowest BCUT2D eigenvalue weighted by Crippen LogP contribution is -2.16. The third kappa shape index (κ3) is 7.12. The zero-order chi connectivity index (χ0) is 48.7. The molecule has 4 nitrogen and oxygen atoms in total. The number of halogens is 8. The summed E-state index contributed by atoms with van der Waals surface area (Å²) in [4.78, 5) is 9.80. The molecule has 0 atom stereocenters. The van der Waals surface area contributed by atoms with Crippen LogP contribution >= 0.6 is 0 Å². The highest BCUT2D eigenvalue weighted by atomic mass is 19.4. The van der Waals surface area contributed by atoms with Gasteiger partial charge in [0.25, 0.3) is 0 Å². The number of fused-ring (bicyclic) bond motifs is 6. The first-order chi connectivity index (χ1) is 34.4. The molecule has 0 radical (unpaired) electrons. The normalized spacial score (nSPS) is 11.9. The fourth-order valence-corrected chi connectivity index (χ4v) is 9.77. The molecule has 0 N–H and O–H groups in total. The molecular formula is C59H32F8N4. The first kappa shape index (κ1) is 43.4. The maximum absolute atomic E-state index is 16.5. The van der Waals surface area contributed by atoms with Crippen molar-refractivity contribution in [2.45, 2.75) is 6.18 Å². The zero-order valence-corrected chi connectivity index (χ0v) is 36.8. The van der Waals surface area contributed by atoms with Crippen LogP contribution in [-0.2, 0) is 6.18 Å². The number of rotatable bonds is 7. The number of benzene rings is 8. The van der Waals surface area contributed by atoms with E-state index < -0.39 is 63.3 Å². The summed E-state index contributed by atoms with van der Waals surface area (Å²) >= 11 is 0. The minimum absolute atomic E-state index is 0.261. The monoisotopic (exact) mass is 948 g/mol. The maximum Gasteiger partial charge on any atom is 0.420 e. The summed E-state index contributed by atoms with van der Waals surface area (Å²) in [6, 6.07) is 55.6. The van der Waals surface area contributed by atoms with E-state index in [0.29, 0.717) is 55.4 Å². The molecule has 0 saturated heterocycles. The van der Waals surface area contributed by atoms with E-state index in [1.54, 1.807) is 72.8 Å². The van der Waals surface area contributed by atoms with Crippen LogP contribution in [0.5, 0.6) is 0 Å². The Morgan fingerprint density at radius 1 is 0.310 bits per heavy atom. The Balaban J connectivity index is 1.15. The van der Waals surface area contributed by atoms with E-state index in [4.69, 9.17) is 9.97 Å². The van der Waals surface area contributed by atoms with Gasteiger partial charge in [-0.05, 0) is 78.4 Å². The van der Waals surface area contributed by atoms with Crippen molar-refractivity contribution in [3.63, 3.8) is 0 Å². The molecule has 0 aliphatic heterocycles. The van der Waals surface area contributed by atoms with Crippen LogP contribution in [0.15, 0.2) is 194 Å². The largest absolute Gasteiger partial charge is 0.420 e. The standard InChI is InChI=1S/C59H32F8N4/c60-54-52(55(61)57(63)58(64)56(54)62)37-31-50(70-46-23-9-7-17-38(46)40-29-35(25-27-48(40)70)44-21-11-19-42(68-44)33-13-3-1-4-14-33)53(59(65,66)67)51(32-37)71-47-24-10-8-18-39(47)41-30-36(26-28-49(41)71)45-22-12-20-43(69-45)34-15-5-2-6-16-34/h1-32H. The molecule has 12 heteroatoms. The van der Waals surface area contributed by atoms with Crippen molar-refractivity contribution >= 4 is 43.6 Å². The minimum Gasteiger partial charge on any atom is -0.309 e. The van der Waals surface area contributed by atoms with Gasteiger partial charge in [0.2, 0.25) is 5.82 Å². The summed E-state index contributed by atoms with van der Waals surface area (Å²) in [7, 11) is 0. The minimum atomic E-state index is -5.20. The Morgan fingerprint density at radius 2 is 0.676 bits per heavy atom. The third-order valence-electron chi connectivity index (χ3n) is 12.9. The third-order valence-corrected chi connectivity index (χ3v) is 12.9. The predicted octanol–water partition coefficient (Wildman–Crippen LogP) is 16.7. The van der Waals surface area contributed by atoms with Gasteiger partial charge in [0, 0.05) is 43.8 Å². The van der Waals surface area contributed by atoms with Gasteiger partial charge < -0.3 is 9.13 Å². The number of para-hydroxylation sites is 2. The summed E-state index contributed by atoms with van der Waals surface area (Å²) in [6.45, 7) is 0. The molecule has 0 spiro atoms. The Hall–Kier alpha value is -8.90. The summed E-state index contributed by atoms with van der Waals surface area (Å²) in [6.07, 6.45) is -5.20. The van der Waals surface area contributed by atoms with Crippen LogP contribution in [0.2, 0.25) is 0 Å². The van der Waals surface area contributed by atoms with Crippen molar-refractivity contribution in [3.8, 4) is 67.5 Å². The fourth-order valence-electron chi connectivity index (χ4n) is 9.77. The van der Waals surface area contributed by atoms with E-state index in [9.17, 15) is 4.39 Å². The van der Waals surface area contributed by atoms with Gasteiger partial charge >= 0.3 is 6.18 Å². The van der Waals surface area contributed by atoms with Gasteiger partial charge in [-0.15, -0.1) is 0 Å². The topological polar surface area (TPSA) is 35.6 Å². The lowest BCUT2D eigenvalue weighted by Gasteiger charge is -2.23. The molecule has 0 aliphatic rings. The zero-order valence-electron chi connectivity index (χ0n) is 36.8. The molecule has 344 valence electrons. The molecule has 71 heavy (non-hydrogen) atoms. The lowest BCUT2D eigenvalue weighted by atomic mass is 9.97. The van der Waals surface area contributed by atoms with Gasteiger partial charge in [-0.1, -0.05) is 121 Å². The number of nitrogens with zero attached hydrogens (tertiary/aromatic N) is 4. The van der Waals surface area contributed by atoms with Crippen molar-refractivity contribution in [1.82, 2.24) is 19.1 Å². The summed E-state index contributed by atoms with van der Waals surface area (Å²) in [5, 5.41) is 2.06. The summed E-state index contributed by atoms with van der Waals surface area (Å²) in [5.74, 6) is -11.3. The molecule has 0 saturated carbocycles. The Kier molecular flexibility index (Phi) is 10.2. The number of hydrogen-bond donors (Lipinski definition) is 0. The van der Waals surface area contributed by atoms with Crippen molar-refractivity contribution in [1.29, 1.82) is 0 Å². The molecule has 0 aliphatic carbocycles. The second kappa shape index (κ2) is 16.7. The fraction of sp³-hybridized carbons (Fsp3) is 0.0169. The summed E-state index contributed by atoms with van der Waals surface area (Å²) in [5.41, 5.74) is 2.14. The van der Waals surface area contributed by atoms with Gasteiger partial charge in [-0.3, -0.25) is 0 Å². The lowest BCUT2D eigenvalue weighted by molar-refractivity contribution is -0.137. The summed E-state index contributed by atoms with van der Waals surface area (Å²) < 4.78 is 129. The molecular weight excluding hydrogens is 917 g/mol. The average Bonchev–Trinajstić information content (AvgIpc) is 3.92. The van der Waals surface area contributed by atoms with Crippen LogP contribution in [0.4, 0.5) is 35.1 Å². The van der Waals surface area contributed by atoms with Crippen LogP contribution in [-0.4, -0.2) is 19.1 Å². The quantitative estimate of drug-likeness (QED) is 0.0907. The van der Waals surface area contributed by atoms with Crippen LogP contribution < -0.4 is 0 Å². The Bertz CT molecular complexity index is 3850. The highest BCUT2D eigenvalue weighted by Gasteiger charge is 2.40. The van der Waals surface area contributed by atoms with Crippen molar-refractivity contribution in [3.05, 3.63) is 229 Å². The number of hydrogen-bond acceptors (Lipinski definition) is 2. The van der Waals surface area contributed by atoms with Gasteiger partial charge in [-0.2, -0.15) is 13.2 Å². The van der Waals surface area contributed by atoms with E-state index in [1.165, 1.54) is 9.13 Å². The number of pyridine rings is 2. The van der Waals surface area contributed by atoms with Crippen molar-refractivity contribution in [2.24, 2.45) is 0 Å². The van der Waals surface area contributed by atoms with Gasteiger partial charge in [0.15, 0.2) is 23.3 Å². The van der Waals surface area contributed by atoms with Gasteiger partial charge in [0.05, 0.1) is 61.8 Å². The van der Waals surface area contributed by atoms with Crippen LogP contribution in [0.25, 0.3) is 111 Å². The second-order valence-electron chi connectivity index (χ2n) is 17.0. The molecule has 0 amide bonds. The van der Waals surface area contributed by atoms with Crippen LogP contribution in [0, 0.1) is 29.1 Å². The number of alkyl halides is 3. The SMILES string of the molecule is Fc1c(F)c(F)c(-c2cc(-n3c4ccccc4c4cc(-c5cccc(-c6ccccc6)n5)ccc43)c(C(F)(F)F)c(-n3c4ccccc4c4cc(-c5cccc(-c6ccccc6)n5)ccc43)c2)c(F)c1F. The van der Waals surface area contributed by atoms with Gasteiger partial charge in [-0.25, -0.2) is 31.9 Å². The van der Waals surface area contributed by atoms with E-state index in [0.717, 1.165) is 23.3 Å². The van der Waals surface area contributed by atoms with E-state index in [-0.39, 0.29) is 22.1 Å². The highest BCUT2D eigenvalue weighted by Crippen LogP contribution is 2.48. The molecule has 12 rings (SSSR count). The second-order valence-corrected chi connectivity index (χ2v) is 17.0. The molecule has 8 aromatic carbocycles. The Morgan fingerprint density at radius 3 is 1.10 bits per heavy atom. The first-order valence-corrected chi connectivity index (χ1v) is 22.3. The average molecular weight is 949 g/mol. The molecule has 0 fully saturated rings. The maximum atomic E-state index is 16.5. The molecule has 12 aromatic rings. The van der Waals surface area contributed by atoms with E-state index in [2.05, 4.69) is 0 Å². The molecule has 0 bridgehead atoms. The van der Waals surface area contributed by atoms with Crippen molar-refractivity contribution < 1.29 is 35.1 Å². The van der Waals surface area contributed by atoms with E-state index in [1.807, 2.05) is 109 Å². The van der Waals surface area contributed by atoms with Crippen molar-refractivity contribution in [2.75, 3.05) is 0 Å². The first-order valence-electron chi connectivity index (χ1n) is 22.3. The smallest absolute Gasteiger partial charge is 0.309 e. The van der Waals surface area contributed by atoms with E-state index >= 15 is 30.7 Å². The van der Waals surface area contributed by atoms with Crippen LogP contribution in [0.1, 0.15) is 5.56 Å².